The van der Waals surface area contributed by atoms with Crippen molar-refractivity contribution in [1.82, 2.24) is 9.80 Å². The van der Waals surface area contributed by atoms with Crippen LogP contribution in [-0.4, -0.2) is 62.4 Å². The smallest absolute Gasteiger partial charge is 0.223 e. The van der Waals surface area contributed by atoms with Gasteiger partial charge in [0, 0.05) is 43.5 Å². The van der Waals surface area contributed by atoms with Crippen molar-refractivity contribution in [3.8, 4) is 17.2 Å². The molecule has 2 fully saturated rings. The number of piperidine rings is 2. The standard InChI is InChI=1S/C26H34N2O4S/c1-30-23-13-19(14-24(31-2)26(23)32-3)16-28-22-11-12-27(17-20(22)7-10-25(28)29)15-18-5-8-21(33-4)9-6-18/h5-6,8-9,13-14,20,22H,7,10-12,15-17H2,1-4H3/t20-,22+/m0/s1. The number of likely N-dealkylation sites (tertiary alicyclic amines) is 2. The maximum absolute atomic E-state index is 12.9. The van der Waals surface area contributed by atoms with Gasteiger partial charge in [0.25, 0.3) is 0 Å². The van der Waals surface area contributed by atoms with Crippen LogP contribution in [-0.2, 0) is 17.9 Å². The fourth-order valence-electron chi connectivity index (χ4n) is 5.19. The Kier molecular flexibility index (Phi) is 7.71. The molecule has 2 atom stereocenters. The van der Waals surface area contributed by atoms with Crippen LogP contribution in [0.4, 0.5) is 0 Å². The van der Waals surface area contributed by atoms with E-state index in [0.29, 0.717) is 36.1 Å². The molecule has 1 amide bonds. The molecule has 2 heterocycles. The first-order valence-electron chi connectivity index (χ1n) is 11.5. The maximum Gasteiger partial charge on any atom is 0.223 e. The van der Waals surface area contributed by atoms with Crippen molar-refractivity contribution in [2.75, 3.05) is 40.7 Å². The highest BCUT2D eigenvalue weighted by atomic mass is 32.2. The van der Waals surface area contributed by atoms with Gasteiger partial charge in [-0.05, 0) is 60.4 Å². The van der Waals surface area contributed by atoms with Crippen LogP contribution in [0, 0.1) is 5.92 Å². The predicted molar refractivity (Wildman–Crippen MR) is 131 cm³/mol. The van der Waals surface area contributed by atoms with Gasteiger partial charge in [-0.15, -0.1) is 11.8 Å². The summed E-state index contributed by atoms with van der Waals surface area (Å²) in [6, 6.07) is 13.0. The number of amides is 1. The number of rotatable bonds is 8. The lowest BCUT2D eigenvalue weighted by Gasteiger charge is -2.47. The molecule has 0 aliphatic carbocycles. The first-order valence-corrected chi connectivity index (χ1v) is 12.7. The van der Waals surface area contributed by atoms with E-state index in [1.807, 2.05) is 12.1 Å². The summed E-state index contributed by atoms with van der Waals surface area (Å²) in [6.45, 7) is 3.57. The summed E-state index contributed by atoms with van der Waals surface area (Å²) in [4.78, 5) is 18.9. The van der Waals surface area contributed by atoms with Gasteiger partial charge in [0.1, 0.15) is 0 Å². The minimum absolute atomic E-state index is 0.242. The zero-order chi connectivity index (χ0) is 23.4. The Balaban J connectivity index is 1.46. The quantitative estimate of drug-likeness (QED) is 0.532. The molecule has 0 saturated carbocycles. The van der Waals surface area contributed by atoms with Crippen LogP contribution < -0.4 is 14.2 Å². The van der Waals surface area contributed by atoms with Crippen LogP contribution in [0.15, 0.2) is 41.3 Å². The average Bonchev–Trinajstić information content (AvgIpc) is 2.85. The predicted octanol–water partition coefficient (Wildman–Crippen LogP) is 4.45. The second-order valence-electron chi connectivity index (χ2n) is 8.79. The molecule has 7 heteroatoms. The highest BCUT2D eigenvalue weighted by Gasteiger charge is 2.39. The number of ether oxygens (including phenoxy) is 3. The number of methoxy groups -OCH3 is 3. The molecular weight excluding hydrogens is 436 g/mol. The Morgan fingerprint density at radius 3 is 2.24 bits per heavy atom. The van der Waals surface area contributed by atoms with Crippen LogP contribution in [0.3, 0.4) is 0 Å². The molecule has 4 rings (SSSR count). The van der Waals surface area contributed by atoms with Gasteiger partial charge in [0.15, 0.2) is 11.5 Å². The molecule has 2 aromatic rings. The Hall–Kier alpha value is -2.38. The minimum Gasteiger partial charge on any atom is -0.493 e. The highest BCUT2D eigenvalue weighted by Crippen LogP contribution is 2.40. The number of nitrogens with zero attached hydrogens (tertiary/aromatic N) is 2. The first kappa shape index (κ1) is 23.8. The van der Waals surface area contributed by atoms with Crippen LogP contribution >= 0.6 is 11.8 Å². The fraction of sp³-hybridized carbons (Fsp3) is 0.500. The fourth-order valence-corrected chi connectivity index (χ4v) is 5.60. The second-order valence-corrected chi connectivity index (χ2v) is 9.67. The summed E-state index contributed by atoms with van der Waals surface area (Å²) in [7, 11) is 4.84. The molecule has 2 aliphatic rings. The van der Waals surface area contributed by atoms with Crippen LogP contribution in [0.5, 0.6) is 17.2 Å². The van der Waals surface area contributed by atoms with Crippen molar-refractivity contribution >= 4 is 17.7 Å². The van der Waals surface area contributed by atoms with Crippen molar-refractivity contribution in [2.24, 2.45) is 5.92 Å². The number of hydrogen-bond donors (Lipinski definition) is 0. The van der Waals surface area contributed by atoms with Gasteiger partial charge in [0.05, 0.1) is 21.3 Å². The molecule has 2 aliphatic heterocycles. The Morgan fingerprint density at radius 1 is 0.939 bits per heavy atom. The van der Waals surface area contributed by atoms with Crippen LogP contribution in [0.1, 0.15) is 30.4 Å². The lowest BCUT2D eigenvalue weighted by atomic mass is 9.83. The van der Waals surface area contributed by atoms with E-state index < -0.39 is 0 Å². The summed E-state index contributed by atoms with van der Waals surface area (Å²) in [5.74, 6) is 2.56. The Bertz CT molecular complexity index is 940. The zero-order valence-electron chi connectivity index (χ0n) is 20.0. The molecule has 2 saturated heterocycles. The summed E-state index contributed by atoms with van der Waals surface area (Å²) in [5.41, 5.74) is 2.35. The number of thioether (sulfide) groups is 1. The molecule has 0 spiro atoms. The van der Waals surface area contributed by atoms with E-state index in [0.717, 1.165) is 38.0 Å². The van der Waals surface area contributed by atoms with E-state index >= 15 is 0 Å². The molecule has 0 bridgehead atoms. The number of carbonyl (C=O) groups excluding carboxylic acids is 1. The van der Waals surface area contributed by atoms with Gasteiger partial charge in [-0.1, -0.05) is 12.1 Å². The minimum atomic E-state index is 0.242. The summed E-state index contributed by atoms with van der Waals surface area (Å²) >= 11 is 1.77. The number of fused-ring (bicyclic) bond motifs is 1. The lowest BCUT2D eigenvalue weighted by Crippen LogP contribution is -2.55. The topological polar surface area (TPSA) is 51.2 Å². The van der Waals surface area contributed by atoms with Gasteiger partial charge in [-0.3, -0.25) is 9.69 Å². The van der Waals surface area contributed by atoms with Crippen LogP contribution in [0.25, 0.3) is 0 Å². The van der Waals surface area contributed by atoms with E-state index in [1.54, 1.807) is 33.1 Å². The van der Waals surface area contributed by atoms with E-state index in [1.165, 1.54) is 10.5 Å². The highest BCUT2D eigenvalue weighted by molar-refractivity contribution is 7.98. The van der Waals surface area contributed by atoms with E-state index in [-0.39, 0.29) is 11.9 Å². The summed E-state index contributed by atoms with van der Waals surface area (Å²) in [5, 5.41) is 0. The Morgan fingerprint density at radius 2 is 1.64 bits per heavy atom. The first-order chi connectivity index (χ1) is 16.1. The average molecular weight is 471 g/mol. The molecule has 0 unspecified atom stereocenters. The van der Waals surface area contributed by atoms with Gasteiger partial charge in [-0.2, -0.15) is 0 Å². The zero-order valence-corrected chi connectivity index (χ0v) is 20.8. The van der Waals surface area contributed by atoms with Crippen molar-refractivity contribution in [3.05, 3.63) is 47.5 Å². The third-order valence-electron chi connectivity index (χ3n) is 6.87. The number of carbonyl (C=O) groups is 1. The van der Waals surface area contributed by atoms with Gasteiger partial charge in [0.2, 0.25) is 11.7 Å². The van der Waals surface area contributed by atoms with Gasteiger partial charge < -0.3 is 19.1 Å². The van der Waals surface area contributed by atoms with Crippen molar-refractivity contribution in [3.63, 3.8) is 0 Å². The molecule has 178 valence electrons. The van der Waals surface area contributed by atoms with E-state index in [4.69, 9.17) is 14.2 Å². The van der Waals surface area contributed by atoms with Crippen molar-refractivity contribution in [1.29, 1.82) is 0 Å². The van der Waals surface area contributed by atoms with E-state index in [9.17, 15) is 4.79 Å². The maximum atomic E-state index is 12.9. The molecule has 2 aromatic carbocycles. The van der Waals surface area contributed by atoms with Crippen molar-refractivity contribution in [2.45, 2.75) is 43.3 Å². The molecular formula is C26H34N2O4S. The summed E-state index contributed by atoms with van der Waals surface area (Å²) in [6.07, 6.45) is 4.69. The van der Waals surface area contributed by atoms with Crippen molar-refractivity contribution < 1.29 is 19.0 Å². The normalized spacial score (nSPS) is 21.0. The second kappa shape index (κ2) is 10.7. The summed E-state index contributed by atoms with van der Waals surface area (Å²) < 4.78 is 16.5. The molecule has 0 N–H and O–H groups in total. The third kappa shape index (κ3) is 5.25. The molecule has 0 aromatic heterocycles. The Labute approximate surface area is 201 Å². The van der Waals surface area contributed by atoms with E-state index in [2.05, 4.69) is 40.3 Å². The molecule has 6 nitrogen and oxygen atoms in total. The van der Waals surface area contributed by atoms with Gasteiger partial charge in [-0.25, -0.2) is 0 Å². The third-order valence-corrected chi connectivity index (χ3v) is 7.61. The SMILES string of the molecule is COc1cc(CN2C(=O)CC[C@H]3CN(Cc4ccc(SC)cc4)CC[C@H]32)cc(OC)c1OC. The number of hydrogen-bond acceptors (Lipinski definition) is 6. The lowest BCUT2D eigenvalue weighted by molar-refractivity contribution is -0.142. The van der Waals surface area contributed by atoms with Gasteiger partial charge >= 0.3 is 0 Å². The largest absolute Gasteiger partial charge is 0.493 e. The molecule has 0 radical (unpaired) electrons. The number of benzene rings is 2. The monoisotopic (exact) mass is 470 g/mol. The molecule has 33 heavy (non-hydrogen) atoms. The van der Waals surface area contributed by atoms with Crippen LogP contribution in [0.2, 0.25) is 0 Å².